The van der Waals surface area contributed by atoms with E-state index in [0.29, 0.717) is 22.9 Å². The molecule has 0 N–H and O–H groups in total. The highest BCUT2D eigenvalue weighted by atomic mass is 35.5. The molecule has 0 bridgehead atoms. The molecule has 0 fully saturated rings. The monoisotopic (exact) mass is 357 g/mol. The summed E-state index contributed by atoms with van der Waals surface area (Å²) in [5, 5.41) is 5.32. The summed E-state index contributed by atoms with van der Waals surface area (Å²) in [6.45, 7) is 0. The maximum absolute atomic E-state index is 11.1. The lowest BCUT2D eigenvalue weighted by atomic mass is 9.90. The molecule has 4 rings (SSSR count). The SMILES string of the molecule is O=C1C=C(c2ccc([C@H]3CC(c4c(Cl)cccc4Cl)=NO3)cc2)C1. The smallest absolute Gasteiger partial charge is 0.160 e. The third-order valence-corrected chi connectivity index (χ3v) is 4.90. The minimum Gasteiger partial charge on any atom is -0.387 e. The molecule has 5 heteroatoms. The normalized spacial score (nSPS) is 19.4. The van der Waals surface area contributed by atoms with Crippen molar-refractivity contribution in [1.82, 2.24) is 0 Å². The number of allylic oxidation sites excluding steroid dienone is 2. The Balaban J connectivity index is 1.52. The molecule has 1 atom stereocenters. The predicted molar refractivity (Wildman–Crippen MR) is 95.5 cm³/mol. The molecule has 24 heavy (non-hydrogen) atoms. The van der Waals surface area contributed by atoms with Gasteiger partial charge in [-0.05, 0) is 34.9 Å². The van der Waals surface area contributed by atoms with E-state index in [4.69, 9.17) is 28.0 Å². The number of carbonyl (C=O) groups is 1. The van der Waals surface area contributed by atoms with Crippen LogP contribution in [-0.4, -0.2) is 11.5 Å². The highest BCUT2D eigenvalue weighted by Crippen LogP contribution is 2.35. The van der Waals surface area contributed by atoms with E-state index < -0.39 is 0 Å². The summed E-state index contributed by atoms with van der Waals surface area (Å²) in [7, 11) is 0. The number of benzene rings is 2. The number of nitrogens with zero attached hydrogens (tertiary/aromatic N) is 1. The van der Waals surface area contributed by atoms with Gasteiger partial charge in [0.25, 0.3) is 0 Å². The van der Waals surface area contributed by atoms with Gasteiger partial charge >= 0.3 is 0 Å². The number of oxime groups is 1. The van der Waals surface area contributed by atoms with Gasteiger partial charge in [-0.3, -0.25) is 4.79 Å². The van der Waals surface area contributed by atoms with Gasteiger partial charge in [0.1, 0.15) is 0 Å². The Kier molecular flexibility index (Phi) is 3.91. The summed E-state index contributed by atoms with van der Waals surface area (Å²) < 4.78 is 0. The molecule has 0 saturated heterocycles. The van der Waals surface area contributed by atoms with Gasteiger partial charge in [-0.25, -0.2) is 0 Å². The van der Waals surface area contributed by atoms with Crippen LogP contribution in [-0.2, 0) is 9.63 Å². The van der Waals surface area contributed by atoms with Crippen LogP contribution < -0.4 is 0 Å². The lowest BCUT2D eigenvalue weighted by Gasteiger charge is -2.15. The lowest BCUT2D eigenvalue weighted by molar-refractivity contribution is -0.114. The molecule has 2 aliphatic rings. The molecule has 1 heterocycles. The summed E-state index contributed by atoms with van der Waals surface area (Å²) in [5.74, 6) is 0.183. The van der Waals surface area contributed by atoms with Crippen LogP contribution in [0.25, 0.3) is 5.57 Å². The first kappa shape index (κ1) is 15.4. The van der Waals surface area contributed by atoms with Crippen LogP contribution in [0.15, 0.2) is 53.7 Å². The Labute approximate surface area is 149 Å². The highest BCUT2D eigenvalue weighted by molar-refractivity contribution is 6.40. The molecule has 120 valence electrons. The zero-order valence-electron chi connectivity index (χ0n) is 12.6. The number of hydrogen-bond acceptors (Lipinski definition) is 3. The Hall–Kier alpha value is -2.10. The van der Waals surface area contributed by atoms with Crippen LogP contribution in [0, 0.1) is 0 Å². The second kappa shape index (κ2) is 6.08. The summed E-state index contributed by atoms with van der Waals surface area (Å²) in [6, 6.07) is 13.4. The van der Waals surface area contributed by atoms with Gasteiger partial charge in [0, 0.05) is 18.4 Å². The van der Waals surface area contributed by atoms with Crippen LogP contribution in [0.1, 0.15) is 35.6 Å². The Bertz CT molecular complexity index is 864. The standard InChI is InChI=1S/C19H13Cl2NO2/c20-15-2-1-3-16(21)19(15)17-10-18(24-22-17)12-6-4-11(5-7-12)13-8-14(23)9-13/h1-8,18H,9-10H2/t18-/m1/s1. The molecule has 3 nitrogen and oxygen atoms in total. The zero-order valence-corrected chi connectivity index (χ0v) is 14.1. The van der Waals surface area contributed by atoms with E-state index in [9.17, 15) is 4.79 Å². The summed E-state index contributed by atoms with van der Waals surface area (Å²) in [4.78, 5) is 16.6. The summed E-state index contributed by atoms with van der Waals surface area (Å²) in [5.41, 5.74) is 4.68. The molecule has 0 spiro atoms. The van der Waals surface area contributed by atoms with Crippen molar-refractivity contribution < 1.29 is 9.63 Å². The maximum Gasteiger partial charge on any atom is 0.160 e. The van der Waals surface area contributed by atoms with Crippen molar-refractivity contribution in [3.63, 3.8) is 0 Å². The van der Waals surface area contributed by atoms with E-state index in [1.807, 2.05) is 24.3 Å². The second-order valence-electron chi connectivity index (χ2n) is 5.87. The van der Waals surface area contributed by atoms with Gasteiger partial charge in [0.05, 0.1) is 15.8 Å². The number of halogens is 2. The maximum atomic E-state index is 11.1. The Morgan fingerprint density at radius 1 is 1.04 bits per heavy atom. The molecule has 0 aromatic heterocycles. The Morgan fingerprint density at radius 3 is 2.33 bits per heavy atom. The predicted octanol–water partition coefficient (Wildman–Crippen LogP) is 5.22. The third-order valence-electron chi connectivity index (χ3n) is 4.27. The molecular weight excluding hydrogens is 345 g/mol. The minimum atomic E-state index is -0.154. The van der Waals surface area contributed by atoms with E-state index in [1.54, 1.807) is 24.3 Å². The van der Waals surface area contributed by atoms with Gasteiger partial charge in [-0.1, -0.05) is 58.7 Å². The average molecular weight is 358 g/mol. The lowest BCUT2D eigenvalue weighted by Crippen LogP contribution is -2.07. The molecule has 1 aliphatic carbocycles. The van der Waals surface area contributed by atoms with Crippen LogP contribution >= 0.6 is 23.2 Å². The molecule has 0 radical (unpaired) electrons. The van der Waals surface area contributed by atoms with Crippen LogP contribution in [0.3, 0.4) is 0 Å². The number of rotatable bonds is 3. The van der Waals surface area contributed by atoms with Gasteiger partial charge in [0.2, 0.25) is 0 Å². The van der Waals surface area contributed by atoms with Crippen molar-refractivity contribution in [3.8, 4) is 0 Å². The van der Waals surface area contributed by atoms with Crippen LogP contribution in [0.5, 0.6) is 0 Å². The van der Waals surface area contributed by atoms with E-state index in [0.717, 1.165) is 28.0 Å². The summed E-state index contributed by atoms with van der Waals surface area (Å²) >= 11 is 12.5. The molecular formula is C19H13Cl2NO2. The van der Waals surface area contributed by atoms with Crippen molar-refractivity contribution in [2.75, 3.05) is 0 Å². The molecule has 0 amide bonds. The molecule has 0 unspecified atom stereocenters. The van der Waals surface area contributed by atoms with Gasteiger partial charge in [-0.15, -0.1) is 0 Å². The van der Waals surface area contributed by atoms with Crippen molar-refractivity contribution in [1.29, 1.82) is 0 Å². The molecule has 0 saturated carbocycles. The molecule has 2 aromatic carbocycles. The van der Waals surface area contributed by atoms with Crippen LogP contribution in [0.4, 0.5) is 0 Å². The highest BCUT2D eigenvalue weighted by Gasteiger charge is 2.27. The molecule has 1 aliphatic heterocycles. The van der Waals surface area contributed by atoms with E-state index in [2.05, 4.69) is 5.16 Å². The second-order valence-corrected chi connectivity index (χ2v) is 6.68. The fourth-order valence-corrected chi connectivity index (χ4v) is 3.54. The first-order valence-corrected chi connectivity index (χ1v) is 8.38. The van der Waals surface area contributed by atoms with Crippen LogP contribution in [0.2, 0.25) is 10.0 Å². The first-order valence-electron chi connectivity index (χ1n) is 7.62. The van der Waals surface area contributed by atoms with E-state index >= 15 is 0 Å². The van der Waals surface area contributed by atoms with Crippen molar-refractivity contribution in [2.45, 2.75) is 18.9 Å². The largest absolute Gasteiger partial charge is 0.387 e. The summed E-state index contributed by atoms with van der Waals surface area (Å²) in [6.07, 6.45) is 2.67. The van der Waals surface area contributed by atoms with Gasteiger partial charge in [-0.2, -0.15) is 0 Å². The average Bonchev–Trinajstić information content (AvgIpc) is 3.01. The fraction of sp³-hybridized carbons (Fsp3) is 0.158. The number of hydrogen-bond donors (Lipinski definition) is 0. The van der Waals surface area contributed by atoms with Crippen molar-refractivity contribution >= 4 is 40.3 Å². The fourth-order valence-electron chi connectivity index (χ4n) is 2.93. The Morgan fingerprint density at radius 2 is 1.71 bits per heavy atom. The third kappa shape index (κ3) is 2.74. The van der Waals surface area contributed by atoms with E-state index in [1.165, 1.54) is 0 Å². The minimum absolute atomic E-state index is 0.154. The van der Waals surface area contributed by atoms with Crippen molar-refractivity contribution in [3.05, 3.63) is 75.3 Å². The topological polar surface area (TPSA) is 38.7 Å². The van der Waals surface area contributed by atoms with Gasteiger partial charge in [0.15, 0.2) is 11.9 Å². The number of carbonyl (C=O) groups excluding carboxylic acids is 1. The zero-order chi connectivity index (χ0) is 16.7. The quantitative estimate of drug-likeness (QED) is 0.755. The van der Waals surface area contributed by atoms with Crippen molar-refractivity contribution in [2.24, 2.45) is 5.16 Å². The van der Waals surface area contributed by atoms with Gasteiger partial charge < -0.3 is 4.84 Å². The van der Waals surface area contributed by atoms with E-state index in [-0.39, 0.29) is 11.9 Å². The molecule has 2 aromatic rings. The first-order chi connectivity index (χ1) is 11.6. The number of ketones is 1.